The number of hydrogen-bond acceptors (Lipinski definition) is 3. The molecule has 4 nitrogen and oxygen atoms in total. The Kier molecular flexibility index (Phi) is 4.09. The smallest absolute Gasteiger partial charge is 0.243 e. The van der Waals surface area contributed by atoms with Crippen LogP contribution in [0.25, 0.3) is 10.8 Å². The molecule has 0 radical (unpaired) electrons. The Bertz CT molecular complexity index is 827. The van der Waals surface area contributed by atoms with Crippen molar-refractivity contribution in [1.29, 1.82) is 0 Å². The number of hydrogen-bond donors (Lipinski definition) is 0. The molecule has 1 aliphatic rings. The van der Waals surface area contributed by atoms with Gasteiger partial charge in [-0.1, -0.05) is 36.4 Å². The normalized spacial score (nSPS) is 27.1. The van der Waals surface area contributed by atoms with Gasteiger partial charge in [-0.25, -0.2) is 8.42 Å². The van der Waals surface area contributed by atoms with Gasteiger partial charge in [0.25, 0.3) is 0 Å². The van der Waals surface area contributed by atoms with Crippen LogP contribution in [0.5, 0.6) is 0 Å². The molecule has 0 bridgehead atoms. The third kappa shape index (κ3) is 2.49. The van der Waals surface area contributed by atoms with Gasteiger partial charge in [0.05, 0.1) is 4.90 Å². The predicted molar refractivity (Wildman–Crippen MR) is 89.8 cm³/mol. The summed E-state index contributed by atoms with van der Waals surface area (Å²) < 4.78 is 39.6. The van der Waals surface area contributed by atoms with Crippen LogP contribution in [-0.4, -0.2) is 40.5 Å². The molecule has 0 spiro atoms. The molecule has 2 aromatic rings. The minimum atomic E-state index is -3.60. The maximum Gasteiger partial charge on any atom is 0.243 e. The molecule has 0 amide bonds. The molecule has 22 heavy (non-hydrogen) atoms. The Morgan fingerprint density at radius 2 is 1.77 bits per heavy atom. The van der Waals surface area contributed by atoms with Gasteiger partial charge in [-0.3, -0.25) is 4.21 Å². The maximum absolute atomic E-state index is 13.1. The van der Waals surface area contributed by atoms with Gasteiger partial charge in [0.1, 0.15) is 0 Å². The van der Waals surface area contributed by atoms with E-state index in [1.165, 1.54) is 4.31 Å². The molecule has 6 heteroatoms. The van der Waals surface area contributed by atoms with Crippen molar-refractivity contribution in [3.05, 3.63) is 42.5 Å². The van der Waals surface area contributed by atoms with E-state index in [0.717, 1.165) is 10.8 Å². The van der Waals surface area contributed by atoms with Crippen molar-refractivity contribution < 1.29 is 12.6 Å². The van der Waals surface area contributed by atoms with E-state index in [9.17, 15) is 12.6 Å². The molecule has 1 heterocycles. The summed E-state index contributed by atoms with van der Waals surface area (Å²) in [5, 5.41) is 1.49. The van der Waals surface area contributed by atoms with Crippen LogP contribution >= 0.6 is 0 Å². The SMILES string of the molecule is C[C@@H]1[C@@H](C)[S@@](=O)CCN1S(=O)(=O)c1cccc2ccccc12. The van der Waals surface area contributed by atoms with Crippen LogP contribution in [0.1, 0.15) is 13.8 Å². The first-order valence-electron chi connectivity index (χ1n) is 7.29. The Balaban J connectivity index is 2.11. The van der Waals surface area contributed by atoms with Gasteiger partial charge in [0.15, 0.2) is 0 Å². The fourth-order valence-electron chi connectivity index (χ4n) is 2.91. The predicted octanol–water partition coefficient (Wildman–Crippen LogP) is 2.37. The lowest BCUT2D eigenvalue weighted by molar-refractivity contribution is 0.335. The number of fused-ring (bicyclic) bond motifs is 1. The zero-order valence-corrected chi connectivity index (χ0v) is 14.2. The van der Waals surface area contributed by atoms with Crippen LogP contribution in [0.4, 0.5) is 0 Å². The Morgan fingerprint density at radius 3 is 2.55 bits per heavy atom. The summed E-state index contributed by atoms with van der Waals surface area (Å²) in [6.45, 7) is 4.00. The molecular weight excluding hydrogens is 318 g/mol. The van der Waals surface area contributed by atoms with Crippen molar-refractivity contribution in [3.63, 3.8) is 0 Å². The van der Waals surface area contributed by atoms with Gasteiger partial charge in [-0.15, -0.1) is 0 Å². The van der Waals surface area contributed by atoms with E-state index in [1.54, 1.807) is 12.1 Å². The van der Waals surface area contributed by atoms with Crippen molar-refractivity contribution in [2.24, 2.45) is 0 Å². The number of rotatable bonds is 2. The Hall–Kier alpha value is -1.24. The van der Waals surface area contributed by atoms with Crippen LogP contribution in [0.15, 0.2) is 47.4 Å². The van der Waals surface area contributed by atoms with Gasteiger partial charge in [-0.05, 0) is 25.3 Å². The molecule has 0 aliphatic carbocycles. The second kappa shape index (κ2) is 5.76. The Labute approximate surface area is 133 Å². The monoisotopic (exact) mass is 337 g/mol. The van der Waals surface area contributed by atoms with Crippen LogP contribution in [0, 0.1) is 0 Å². The number of nitrogens with zero attached hydrogens (tertiary/aromatic N) is 1. The van der Waals surface area contributed by atoms with Gasteiger partial charge < -0.3 is 0 Å². The third-order valence-corrected chi connectivity index (χ3v) is 8.25. The zero-order valence-electron chi connectivity index (χ0n) is 12.6. The zero-order chi connectivity index (χ0) is 15.9. The molecule has 3 rings (SSSR count). The second-order valence-electron chi connectivity index (χ2n) is 5.62. The molecule has 3 atom stereocenters. The van der Waals surface area contributed by atoms with E-state index in [1.807, 2.05) is 44.2 Å². The average Bonchev–Trinajstić information content (AvgIpc) is 2.52. The van der Waals surface area contributed by atoms with E-state index in [-0.39, 0.29) is 11.3 Å². The fourth-order valence-corrected chi connectivity index (χ4v) is 6.36. The van der Waals surface area contributed by atoms with E-state index in [0.29, 0.717) is 17.2 Å². The second-order valence-corrected chi connectivity index (χ2v) is 9.40. The van der Waals surface area contributed by atoms with Crippen molar-refractivity contribution in [3.8, 4) is 0 Å². The van der Waals surface area contributed by atoms with Gasteiger partial charge in [-0.2, -0.15) is 4.31 Å². The highest BCUT2D eigenvalue weighted by Crippen LogP contribution is 2.29. The molecule has 0 N–H and O–H groups in total. The van der Waals surface area contributed by atoms with Crippen molar-refractivity contribution in [2.45, 2.75) is 30.0 Å². The average molecular weight is 337 g/mol. The standard InChI is InChI=1S/C16H19NO3S2/c1-12-13(2)21(18)11-10-17(12)22(19,20)16-9-5-7-14-6-3-4-8-15(14)16/h3-9,12-13H,10-11H2,1-2H3/t12-,13-,21+/m1/s1. The minimum absolute atomic E-state index is 0.154. The molecule has 0 aromatic heterocycles. The number of benzene rings is 2. The van der Waals surface area contributed by atoms with Gasteiger partial charge >= 0.3 is 0 Å². The summed E-state index contributed by atoms with van der Waals surface area (Å²) in [5.74, 6) is 0.398. The highest BCUT2D eigenvalue weighted by Gasteiger charge is 2.38. The third-order valence-electron chi connectivity index (χ3n) is 4.40. The summed E-state index contributed by atoms with van der Waals surface area (Å²) >= 11 is 0. The van der Waals surface area contributed by atoms with E-state index in [2.05, 4.69) is 0 Å². The lowest BCUT2D eigenvalue weighted by atomic mass is 10.1. The lowest BCUT2D eigenvalue weighted by Gasteiger charge is -2.36. The summed E-state index contributed by atoms with van der Waals surface area (Å²) in [5.41, 5.74) is 0. The molecule has 1 aliphatic heterocycles. The van der Waals surface area contributed by atoms with E-state index >= 15 is 0 Å². The number of sulfonamides is 1. The fraction of sp³-hybridized carbons (Fsp3) is 0.375. The molecule has 0 unspecified atom stereocenters. The highest BCUT2D eigenvalue weighted by atomic mass is 32.2. The minimum Gasteiger partial charge on any atom is -0.259 e. The highest BCUT2D eigenvalue weighted by molar-refractivity contribution is 7.90. The molecule has 1 fully saturated rings. The van der Waals surface area contributed by atoms with Gasteiger partial charge in [0.2, 0.25) is 10.0 Å². The molecular formula is C16H19NO3S2. The van der Waals surface area contributed by atoms with Gasteiger partial charge in [0, 0.05) is 39.8 Å². The van der Waals surface area contributed by atoms with E-state index in [4.69, 9.17) is 0 Å². The topological polar surface area (TPSA) is 54.5 Å². The van der Waals surface area contributed by atoms with E-state index < -0.39 is 20.8 Å². The van der Waals surface area contributed by atoms with Crippen molar-refractivity contribution in [2.75, 3.05) is 12.3 Å². The summed E-state index contributed by atoms with van der Waals surface area (Å²) in [6, 6.07) is 12.5. The first-order valence-corrected chi connectivity index (χ1v) is 10.1. The molecule has 0 saturated carbocycles. The Morgan fingerprint density at radius 1 is 1.09 bits per heavy atom. The van der Waals surface area contributed by atoms with Crippen molar-refractivity contribution >= 4 is 31.6 Å². The first-order chi connectivity index (χ1) is 10.4. The van der Waals surface area contributed by atoms with Crippen LogP contribution in [-0.2, 0) is 20.8 Å². The molecule has 1 saturated heterocycles. The maximum atomic E-state index is 13.1. The molecule has 118 valence electrons. The quantitative estimate of drug-likeness (QED) is 0.845. The first kappa shape index (κ1) is 15.6. The van der Waals surface area contributed by atoms with Crippen LogP contribution < -0.4 is 0 Å². The lowest BCUT2D eigenvalue weighted by Crippen LogP contribution is -2.52. The summed E-state index contributed by atoms with van der Waals surface area (Å²) in [6.07, 6.45) is 0. The summed E-state index contributed by atoms with van der Waals surface area (Å²) in [4.78, 5) is 0.331. The van der Waals surface area contributed by atoms with Crippen LogP contribution in [0.2, 0.25) is 0 Å². The van der Waals surface area contributed by atoms with Crippen LogP contribution in [0.3, 0.4) is 0 Å². The largest absolute Gasteiger partial charge is 0.259 e. The molecule has 2 aromatic carbocycles. The van der Waals surface area contributed by atoms with Crippen molar-refractivity contribution in [1.82, 2.24) is 4.31 Å². The summed E-state index contributed by atoms with van der Waals surface area (Å²) in [7, 11) is -4.56.